The average molecular weight is 303 g/mol. The Bertz CT molecular complexity index is 531. The van der Waals surface area contributed by atoms with E-state index in [1.54, 1.807) is 13.2 Å². The number of hydrogen-bond acceptors (Lipinski definition) is 4. The first-order valence-corrected chi connectivity index (χ1v) is 7.78. The molecule has 1 fully saturated rings. The van der Waals surface area contributed by atoms with Crippen LogP contribution in [0.1, 0.15) is 32.3 Å². The van der Waals surface area contributed by atoms with Crippen molar-refractivity contribution in [2.45, 2.75) is 32.3 Å². The summed E-state index contributed by atoms with van der Waals surface area (Å²) >= 11 is 0. The lowest BCUT2D eigenvalue weighted by molar-refractivity contribution is -0.156. The fraction of sp³-hybridized carbons (Fsp3) is 0.500. The summed E-state index contributed by atoms with van der Waals surface area (Å²) in [7, 11) is 1.62. The second-order valence-electron chi connectivity index (χ2n) is 6.12. The van der Waals surface area contributed by atoms with Crippen molar-refractivity contribution in [3.63, 3.8) is 0 Å². The lowest BCUT2D eigenvalue weighted by Crippen LogP contribution is -2.42. The molecule has 4 nitrogen and oxygen atoms in total. The molecule has 1 heterocycles. The molecule has 0 aliphatic carbocycles. The first kappa shape index (κ1) is 16.6. The van der Waals surface area contributed by atoms with Crippen LogP contribution in [0.5, 0.6) is 5.75 Å². The normalized spacial score (nSPS) is 16.7. The maximum absolute atomic E-state index is 12.1. The summed E-state index contributed by atoms with van der Waals surface area (Å²) in [6.07, 6.45) is 5.29. The van der Waals surface area contributed by atoms with Crippen LogP contribution in [-0.2, 0) is 9.53 Å². The minimum Gasteiger partial charge on any atom is -0.496 e. The van der Waals surface area contributed by atoms with E-state index in [2.05, 4.69) is 5.32 Å². The van der Waals surface area contributed by atoms with Gasteiger partial charge in [0.15, 0.2) is 0 Å². The number of ether oxygens (including phenoxy) is 2. The molecule has 1 saturated heterocycles. The zero-order valence-electron chi connectivity index (χ0n) is 13.6. The molecular weight excluding hydrogens is 278 g/mol. The summed E-state index contributed by atoms with van der Waals surface area (Å²) in [4.78, 5) is 12.1. The van der Waals surface area contributed by atoms with E-state index in [1.807, 2.05) is 38.1 Å². The average Bonchev–Trinajstić information content (AvgIpc) is 2.53. The van der Waals surface area contributed by atoms with Gasteiger partial charge in [-0.05, 0) is 51.9 Å². The highest BCUT2D eigenvalue weighted by molar-refractivity contribution is 5.87. The smallest absolute Gasteiger partial charge is 0.331 e. The molecular formula is C18H25NO3. The van der Waals surface area contributed by atoms with E-state index in [9.17, 15) is 4.79 Å². The molecule has 1 aliphatic heterocycles. The van der Waals surface area contributed by atoms with Gasteiger partial charge in [-0.25, -0.2) is 4.79 Å². The Balaban J connectivity index is 1.98. The Hall–Kier alpha value is -1.81. The van der Waals surface area contributed by atoms with Gasteiger partial charge in [-0.2, -0.15) is 0 Å². The van der Waals surface area contributed by atoms with Crippen molar-refractivity contribution in [3.8, 4) is 5.75 Å². The van der Waals surface area contributed by atoms with Gasteiger partial charge in [-0.3, -0.25) is 0 Å². The first-order valence-electron chi connectivity index (χ1n) is 7.78. The molecule has 4 heteroatoms. The summed E-state index contributed by atoms with van der Waals surface area (Å²) in [5.41, 5.74) is 0.422. The number of nitrogens with one attached hydrogen (secondary N) is 1. The third-order valence-electron chi connectivity index (χ3n) is 4.22. The zero-order valence-corrected chi connectivity index (χ0v) is 13.6. The molecule has 0 saturated carbocycles. The largest absolute Gasteiger partial charge is 0.496 e. The quantitative estimate of drug-likeness (QED) is 0.671. The van der Waals surface area contributed by atoms with Crippen molar-refractivity contribution in [1.82, 2.24) is 5.32 Å². The molecule has 22 heavy (non-hydrogen) atoms. The van der Waals surface area contributed by atoms with Gasteiger partial charge in [0, 0.05) is 17.6 Å². The van der Waals surface area contributed by atoms with Crippen molar-refractivity contribution < 1.29 is 14.3 Å². The number of hydrogen-bond donors (Lipinski definition) is 1. The predicted octanol–water partition coefficient (Wildman–Crippen LogP) is 3.03. The number of carbonyl (C=O) groups excluding carboxylic acids is 1. The number of piperidine rings is 1. The number of carbonyl (C=O) groups is 1. The molecule has 0 amide bonds. The molecule has 0 aromatic heterocycles. The lowest BCUT2D eigenvalue weighted by atomic mass is 9.83. The van der Waals surface area contributed by atoms with Gasteiger partial charge in [0.05, 0.1) is 7.11 Å². The maximum Gasteiger partial charge on any atom is 0.331 e. The standard InChI is InChI=1S/C18H25NO3/c1-18(2,15-10-12-19-13-11-15)22-17(20)9-8-14-6-4-5-7-16(14)21-3/h4-9,15,19H,10-13H2,1-3H3/b9-8+. The highest BCUT2D eigenvalue weighted by atomic mass is 16.6. The van der Waals surface area contributed by atoms with Gasteiger partial charge in [-0.1, -0.05) is 18.2 Å². The lowest BCUT2D eigenvalue weighted by Gasteiger charge is -2.36. The molecule has 1 aromatic carbocycles. The molecule has 1 N–H and O–H groups in total. The van der Waals surface area contributed by atoms with Crippen LogP contribution in [0.25, 0.3) is 6.08 Å². The van der Waals surface area contributed by atoms with Crippen molar-refractivity contribution in [2.75, 3.05) is 20.2 Å². The Morgan fingerprint density at radius 1 is 1.27 bits per heavy atom. The van der Waals surface area contributed by atoms with Crippen molar-refractivity contribution in [3.05, 3.63) is 35.9 Å². The van der Waals surface area contributed by atoms with Crippen molar-refractivity contribution in [1.29, 1.82) is 0 Å². The summed E-state index contributed by atoms with van der Waals surface area (Å²) < 4.78 is 10.9. The molecule has 0 spiro atoms. The van der Waals surface area contributed by atoms with Gasteiger partial charge >= 0.3 is 5.97 Å². The molecule has 0 atom stereocenters. The molecule has 0 unspecified atom stereocenters. The number of benzene rings is 1. The van der Waals surface area contributed by atoms with Gasteiger partial charge in [-0.15, -0.1) is 0 Å². The number of rotatable bonds is 5. The minimum absolute atomic E-state index is 0.311. The summed E-state index contributed by atoms with van der Waals surface area (Å²) in [6, 6.07) is 7.58. The number of methoxy groups -OCH3 is 1. The second-order valence-corrected chi connectivity index (χ2v) is 6.12. The maximum atomic E-state index is 12.1. The summed E-state index contributed by atoms with van der Waals surface area (Å²) in [6.45, 7) is 5.97. The Morgan fingerprint density at radius 2 is 1.95 bits per heavy atom. The Morgan fingerprint density at radius 3 is 2.64 bits per heavy atom. The highest BCUT2D eigenvalue weighted by Gasteiger charge is 2.33. The van der Waals surface area contributed by atoms with E-state index in [-0.39, 0.29) is 5.97 Å². The molecule has 0 bridgehead atoms. The molecule has 2 rings (SSSR count). The van der Waals surface area contributed by atoms with E-state index in [0.717, 1.165) is 37.2 Å². The van der Waals surface area contributed by atoms with E-state index < -0.39 is 5.60 Å². The van der Waals surface area contributed by atoms with Crippen LogP contribution in [0, 0.1) is 5.92 Å². The van der Waals surface area contributed by atoms with E-state index in [4.69, 9.17) is 9.47 Å². The third-order valence-corrected chi connectivity index (χ3v) is 4.22. The van der Waals surface area contributed by atoms with Gasteiger partial charge in [0.25, 0.3) is 0 Å². The van der Waals surface area contributed by atoms with Crippen LogP contribution in [-0.4, -0.2) is 31.8 Å². The molecule has 120 valence electrons. The van der Waals surface area contributed by atoms with Gasteiger partial charge in [0.2, 0.25) is 0 Å². The second kappa shape index (κ2) is 7.45. The van der Waals surface area contributed by atoms with Crippen LogP contribution in [0.2, 0.25) is 0 Å². The highest BCUT2D eigenvalue weighted by Crippen LogP contribution is 2.29. The summed E-state index contributed by atoms with van der Waals surface area (Å²) in [5, 5.41) is 3.33. The Kier molecular flexibility index (Phi) is 5.61. The fourth-order valence-corrected chi connectivity index (χ4v) is 2.86. The molecule has 1 aromatic rings. The summed E-state index contributed by atoms with van der Waals surface area (Å²) in [5.74, 6) is 0.830. The van der Waals surface area contributed by atoms with Crippen LogP contribution in [0.3, 0.4) is 0 Å². The molecule has 1 aliphatic rings. The van der Waals surface area contributed by atoms with Crippen molar-refractivity contribution >= 4 is 12.0 Å². The van der Waals surface area contributed by atoms with E-state index >= 15 is 0 Å². The molecule has 0 radical (unpaired) electrons. The van der Waals surface area contributed by atoms with E-state index in [1.165, 1.54) is 6.08 Å². The van der Waals surface area contributed by atoms with Gasteiger partial charge in [0.1, 0.15) is 11.4 Å². The first-order chi connectivity index (χ1) is 10.5. The van der Waals surface area contributed by atoms with E-state index in [0.29, 0.717) is 5.92 Å². The van der Waals surface area contributed by atoms with Gasteiger partial charge < -0.3 is 14.8 Å². The third kappa shape index (κ3) is 4.34. The fourth-order valence-electron chi connectivity index (χ4n) is 2.86. The zero-order chi connectivity index (χ0) is 16.0. The number of para-hydroxylation sites is 1. The van der Waals surface area contributed by atoms with Crippen molar-refractivity contribution in [2.24, 2.45) is 5.92 Å². The van der Waals surface area contributed by atoms with Crippen LogP contribution >= 0.6 is 0 Å². The Labute approximate surface area is 132 Å². The SMILES string of the molecule is COc1ccccc1/C=C/C(=O)OC(C)(C)C1CCNCC1. The van der Waals surface area contributed by atoms with Crippen LogP contribution in [0.15, 0.2) is 30.3 Å². The van der Waals surface area contributed by atoms with Crippen LogP contribution < -0.4 is 10.1 Å². The predicted molar refractivity (Wildman–Crippen MR) is 87.8 cm³/mol. The topological polar surface area (TPSA) is 47.6 Å². The minimum atomic E-state index is -0.440. The van der Waals surface area contributed by atoms with Crippen LogP contribution in [0.4, 0.5) is 0 Å². The monoisotopic (exact) mass is 303 g/mol. The number of esters is 1.